The van der Waals surface area contributed by atoms with Gasteiger partial charge in [0.15, 0.2) is 0 Å². The summed E-state index contributed by atoms with van der Waals surface area (Å²) in [5.41, 5.74) is 0. The number of aliphatic hydroxyl groups excluding tert-OH is 2. The van der Waals surface area contributed by atoms with Gasteiger partial charge in [0.2, 0.25) is 11.8 Å². The molecule has 0 saturated carbocycles. The van der Waals surface area contributed by atoms with Crippen molar-refractivity contribution in [1.82, 2.24) is 10.2 Å². The van der Waals surface area contributed by atoms with Gasteiger partial charge in [-0.25, -0.2) is 0 Å². The average Bonchev–Trinajstić information content (AvgIpc) is 2.24. The van der Waals surface area contributed by atoms with Crippen LogP contribution in [0.2, 0.25) is 0 Å². The molecule has 1 rings (SSSR count). The van der Waals surface area contributed by atoms with E-state index in [0.29, 0.717) is 12.8 Å². The van der Waals surface area contributed by atoms with Crippen molar-refractivity contribution in [3.63, 3.8) is 0 Å². The fourth-order valence-corrected chi connectivity index (χ4v) is 1.45. The topological polar surface area (TPSA) is 89.9 Å². The molecule has 0 bridgehead atoms. The Balaban J connectivity index is 2.43. The molecule has 15 heavy (non-hydrogen) atoms. The minimum absolute atomic E-state index is 0.148. The van der Waals surface area contributed by atoms with Gasteiger partial charge in [0.05, 0.1) is 18.8 Å². The van der Waals surface area contributed by atoms with E-state index in [1.165, 1.54) is 7.05 Å². The van der Waals surface area contributed by atoms with Gasteiger partial charge in [-0.2, -0.15) is 0 Å². The summed E-state index contributed by atoms with van der Waals surface area (Å²) in [5.74, 6) is -0.461. The van der Waals surface area contributed by atoms with E-state index in [-0.39, 0.29) is 25.0 Å². The third kappa shape index (κ3) is 2.98. The van der Waals surface area contributed by atoms with Crippen LogP contribution in [0.1, 0.15) is 12.8 Å². The molecule has 1 unspecified atom stereocenters. The number of nitrogens with zero attached hydrogens (tertiary/aromatic N) is 1. The van der Waals surface area contributed by atoms with E-state index >= 15 is 0 Å². The summed E-state index contributed by atoms with van der Waals surface area (Å²) in [6.45, 7) is -0.197. The summed E-state index contributed by atoms with van der Waals surface area (Å²) in [6.07, 6.45) is -0.101. The molecular weight excluding hydrogens is 200 g/mol. The molecule has 6 nitrogen and oxygen atoms in total. The highest BCUT2D eigenvalue weighted by atomic mass is 16.3. The first kappa shape index (κ1) is 12.1. The maximum Gasteiger partial charge on any atom is 0.246 e. The lowest BCUT2D eigenvalue weighted by Gasteiger charge is -2.28. The normalized spacial score (nSPS) is 24.5. The van der Waals surface area contributed by atoms with Gasteiger partial charge in [-0.15, -0.1) is 0 Å². The highest BCUT2D eigenvalue weighted by Crippen LogP contribution is 2.11. The van der Waals surface area contributed by atoms with Crippen LogP contribution in [0.4, 0.5) is 0 Å². The summed E-state index contributed by atoms with van der Waals surface area (Å²) in [6, 6.07) is -0.436. The Morgan fingerprint density at radius 3 is 2.87 bits per heavy atom. The Morgan fingerprint density at radius 1 is 1.60 bits per heavy atom. The van der Waals surface area contributed by atoms with Crippen LogP contribution in [-0.4, -0.2) is 59.3 Å². The lowest BCUT2D eigenvalue weighted by atomic mass is 10.0. The number of rotatable bonds is 4. The van der Waals surface area contributed by atoms with Gasteiger partial charge in [-0.05, 0) is 6.42 Å². The first-order chi connectivity index (χ1) is 7.06. The molecule has 1 aliphatic rings. The molecule has 1 aliphatic heterocycles. The molecule has 1 heterocycles. The molecule has 0 spiro atoms. The molecule has 0 aromatic rings. The Kier molecular flexibility index (Phi) is 4.19. The summed E-state index contributed by atoms with van der Waals surface area (Å²) in [4.78, 5) is 23.8. The van der Waals surface area contributed by atoms with E-state index in [4.69, 9.17) is 10.2 Å². The molecule has 2 amide bonds. The van der Waals surface area contributed by atoms with Crippen molar-refractivity contribution < 1.29 is 19.8 Å². The number of amides is 2. The zero-order valence-electron chi connectivity index (χ0n) is 8.64. The van der Waals surface area contributed by atoms with Crippen LogP contribution < -0.4 is 5.32 Å². The number of imide groups is 1. The molecule has 86 valence electrons. The molecule has 0 aliphatic carbocycles. The number of carbonyl (C=O) groups is 2. The van der Waals surface area contributed by atoms with Crippen LogP contribution in [0, 0.1) is 0 Å². The SMILES string of the molecule is CN1C(=O)CCC(NC[C@H](O)CO)C1=O. The second-order valence-electron chi connectivity index (χ2n) is 3.63. The predicted molar refractivity (Wildman–Crippen MR) is 51.9 cm³/mol. The Bertz CT molecular complexity index is 256. The number of aliphatic hydroxyl groups is 2. The van der Waals surface area contributed by atoms with Crippen molar-refractivity contribution in [2.75, 3.05) is 20.2 Å². The molecule has 2 atom stereocenters. The van der Waals surface area contributed by atoms with Crippen molar-refractivity contribution in [2.24, 2.45) is 0 Å². The highest BCUT2D eigenvalue weighted by molar-refractivity contribution is 6.00. The third-order valence-electron chi connectivity index (χ3n) is 2.46. The molecular formula is C9H16N2O4. The second-order valence-corrected chi connectivity index (χ2v) is 3.63. The van der Waals surface area contributed by atoms with Crippen LogP contribution in [0.15, 0.2) is 0 Å². The van der Waals surface area contributed by atoms with Gasteiger partial charge < -0.3 is 15.5 Å². The number of piperidine rings is 1. The number of carbonyl (C=O) groups excluding carboxylic acids is 2. The van der Waals surface area contributed by atoms with Gasteiger partial charge in [-0.1, -0.05) is 0 Å². The molecule has 1 fully saturated rings. The number of hydrogen-bond donors (Lipinski definition) is 3. The minimum Gasteiger partial charge on any atom is -0.394 e. The summed E-state index contributed by atoms with van der Waals surface area (Å²) in [7, 11) is 1.45. The lowest BCUT2D eigenvalue weighted by Crippen LogP contribution is -2.52. The zero-order valence-corrected chi connectivity index (χ0v) is 8.64. The van der Waals surface area contributed by atoms with Crippen molar-refractivity contribution >= 4 is 11.8 Å². The maximum atomic E-state index is 11.5. The van der Waals surface area contributed by atoms with Crippen LogP contribution in [0.5, 0.6) is 0 Å². The van der Waals surface area contributed by atoms with Crippen molar-refractivity contribution in [2.45, 2.75) is 25.0 Å². The maximum absolute atomic E-state index is 11.5. The summed E-state index contributed by atoms with van der Waals surface area (Å²) in [5, 5.41) is 20.5. The van der Waals surface area contributed by atoms with E-state index in [9.17, 15) is 9.59 Å². The van der Waals surface area contributed by atoms with Gasteiger partial charge in [0.25, 0.3) is 0 Å². The quantitative estimate of drug-likeness (QED) is 0.476. The molecule has 1 saturated heterocycles. The van der Waals surface area contributed by atoms with E-state index in [0.717, 1.165) is 4.90 Å². The standard InChI is InChI=1S/C9H16N2O4/c1-11-8(14)3-2-7(9(11)15)10-4-6(13)5-12/h6-7,10,12-13H,2-5H2,1H3/t6-,7?/m0/s1. The monoisotopic (exact) mass is 216 g/mol. The van der Waals surface area contributed by atoms with Crippen LogP contribution in [0.25, 0.3) is 0 Å². The molecule has 0 radical (unpaired) electrons. The van der Waals surface area contributed by atoms with Gasteiger partial charge >= 0.3 is 0 Å². The lowest BCUT2D eigenvalue weighted by molar-refractivity contribution is -0.148. The van der Waals surface area contributed by atoms with Crippen LogP contribution >= 0.6 is 0 Å². The molecule has 0 aromatic carbocycles. The van der Waals surface area contributed by atoms with Gasteiger partial charge in [0.1, 0.15) is 0 Å². The Labute approximate surface area is 87.9 Å². The molecule has 3 N–H and O–H groups in total. The van der Waals surface area contributed by atoms with E-state index in [1.54, 1.807) is 0 Å². The van der Waals surface area contributed by atoms with E-state index in [2.05, 4.69) is 5.32 Å². The van der Waals surface area contributed by atoms with Crippen LogP contribution in [-0.2, 0) is 9.59 Å². The molecule has 6 heteroatoms. The second kappa shape index (κ2) is 5.20. The largest absolute Gasteiger partial charge is 0.394 e. The number of likely N-dealkylation sites (tertiary alicyclic amines) is 1. The van der Waals surface area contributed by atoms with Crippen molar-refractivity contribution in [3.8, 4) is 0 Å². The molecule has 0 aromatic heterocycles. The summed E-state index contributed by atoms with van der Waals surface area (Å²) < 4.78 is 0. The third-order valence-corrected chi connectivity index (χ3v) is 2.46. The van der Waals surface area contributed by atoms with Crippen molar-refractivity contribution in [1.29, 1.82) is 0 Å². The predicted octanol–water partition coefficient (Wildman–Crippen LogP) is -1.92. The number of hydrogen-bond acceptors (Lipinski definition) is 5. The van der Waals surface area contributed by atoms with Crippen molar-refractivity contribution in [3.05, 3.63) is 0 Å². The first-order valence-corrected chi connectivity index (χ1v) is 4.89. The number of likely N-dealkylation sites (N-methyl/N-ethyl adjacent to an activating group) is 1. The fraction of sp³-hybridized carbons (Fsp3) is 0.778. The summed E-state index contributed by atoms with van der Waals surface area (Å²) >= 11 is 0. The number of nitrogens with one attached hydrogen (secondary N) is 1. The van der Waals surface area contributed by atoms with Gasteiger partial charge in [-0.3, -0.25) is 14.5 Å². The average molecular weight is 216 g/mol. The van der Waals surface area contributed by atoms with E-state index < -0.39 is 12.1 Å². The Hall–Kier alpha value is -0.980. The van der Waals surface area contributed by atoms with Gasteiger partial charge in [0, 0.05) is 20.0 Å². The smallest absolute Gasteiger partial charge is 0.246 e. The zero-order chi connectivity index (χ0) is 11.4. The first-order valence-electron chi connectivity index (χ1n) is 4.89. The minimum atomic E-state index is -0.874. The fourth-order valence-electron chi connectivity index (χ4n) is 1.45. The van der Waals surface area contributed by atoms with E-state index in [1.807, 2.05) is 0 Å². The Morgan fingerprint density at radius 2 is 2.27 bits per heavy atom. The highest BCUT2D eigenvalue weighted by Gasteiger charge is 2.31. The van der Waals surface area contributed by atoms with Crippen LogP contribution in [0.3, 0.4) is 0 Å².